The van der Waals surface area contributed by atoms with Crippen molar-refractivity contribution in [2.45, 2.75) is 6.92 Å². The van der Waals surface area contributed by atoms with Crippen molar-refractivity contribution in [3.05, 3.63) is 63.5 Å². The molecule has 0 unspecified atom stereocenters. The van der Waals surface area contributed by atoms with Crippen LogP contribution >= 0.6 is 27.5 Å². The van der Waals surface area contributed by atoms with Crippen LogP contribution in [0.15, 0.2) is 41.0 Å². The van der Waals surface area contributed by atoms with Crippen LogP contribution in [-0.4, -0.2) is 11.4 Å². The van der Waals surface area contributed by atoms with Crippen LogP contribution in [0.1, 0.15) is 12.5 Å². The summed E-state index contributed by atoms with van der Waals surface area (Å²) < 4.78 is 13.9. The Hall–Kier alpha value is 0.0439. The minimum atomic E-state index is -0.348. The molecule has 1 aliphatic rings. The van der Waals surface area contributed by atoms with Gasteiger partial charge in [0.1, 0.15) is 5.82 Å². The monoisotopic (exact) mass is 415 g/mol. The van der Waals surface area contributed by atoms with E-state index in [4.69, 9.17) is 11.6 Å². The number of benzene rings is 1. The zero-order valence-corrected chi connectivity index (χ0v) is 15.6. The molecular formula is C14H11BrClFNY-. The van der Waals surface area contributed by atoms with Gasteiger partial charge in [0.2, 0.25) is 0 Å². The second kappa shape index (κ2) is 7.17. The number of allylic oxidation sites excluding steroid dienone is 3. The average Bonchev–Trinajstić information content (AvgIpc) is 2.33. The molecular weight excluding hydrogens is 405 g/mol. The molecule has 1 aromatic rings. The van der Waals surface area contributed by atoms with E-state index in [9.17, 15) is 4.39 Å². The van der Waals surface area contributed by atoms with E-state index in [-0.39, 0.29) is 38.5 Å². The van der Waals surface area contributed by atoms with Gasteiger partial charge < -0.3 is 4.90 Å². The van der Waals surface area contributed by atoms with Crippen LogP contribution in [0.5, 0.6) is 0 Å². The van der Waals surface area contributed by atoms with E-state index < -0.39 is 0 Å². The number of hydrogen-bond donors (Lipinski definition) is 0. The Balaban J connectivity index is 0.00000180. The molecule has 0 fully saturated rings. The molecule has 0 aliphatic carbocycles. The van der Waals surface area contributed by atoms with Crippen molar-refractivity contribution in [1.82, 2.24) is 4.90 Å². The van der Waals surface area contributed by atoms with E-state index in [1.807, 2.05) is 11.8 Å². The fraction of sp³-hybridized carbons (Fsp3) is 0.143. The first-order chi connectivity index (χ1) is 8.54. The van der Waals surface area contributed by atoms with E-state index in [1.165, 1.54) is 12.1 Å². The maximum Gasteiger partial charge on any atom is 0.122 e. The Bertz CT molecular complexity index is 569. The molecule has 0 spiro atoms. The Labute approximate surface area is 151 Å². The number of likely N-dealkylation sites (N-methyl/N-ethyl adjacent to an activating group) is 1. The van der Waals surface area contributed by atoms with E-state index in [2.05, 4.69) is 28.6 Å². The van der Waals surface area contributed by atoms with Crippen LogP contribution < -0.4 is 0 Å². The summed E-state index contributed by atoms with van der Waals surface area (Å²) in [6.07, 6.45) is 4.94. The van der Waals surface area contributed by atoms with Gasteiger partial charge in [-0.1, -0.05) is 33.9 Å². The summed E-state index contributed by atoms with van der Waals surface area (Å²) >= 11 is 9.50. The van der Waals surface area contributed by atoms with Gasteiger partial charge in [-0.05, 0) is 29.8 Å². The van der Waals surface area contributed by atoms with Gasteiger partial charge in [0.05, 0.1) is 0 Å². The van der Waals surface area contributed by atoms with E-state index in [0.29, 0.717) is 5.02 Å². The summed E-state index contributed by atoms with van der Waals surface area (Å²) in [5.74, 6) is -0.348. The van der Waals surface area contributed by atoms with Crippen molar-refractivity contribution in [2.24, 2.45) is 0 Å². The predicted molar refractivity (Wildman–Crippen MR) is 76.6 cm³/mol. The quantitative estimate of drug-likeness (QED) is 0.629. The maximum absolute atomic E-state index is 13.1. The topological polar surface area (TPSA) is 3.24 Å². The number of rotatable bonds is 2. The standard InChI is InChI=1S/C14H11BrClFN.Y/c1-3-18-9(2)12(15)6-7-14(18)11-5-4-10(17)8-13(11)16;/h4-6,8H,2-3H2,1H3;/q-1;. The largest absolute Gasteiger partial charge is 0.375 e. The van der Waals surface area contributed by atoms with Crippen LogP contribution in [-0.2, 0) is 32.7 Å². The van der Waals surface area contributed by atoms with E-state index in [1.54, 1.807) is 12.1 Å². The SMILES string of the molecule is C=C1C(Br)=C[C-]=C(c2ccc(F)cc2Cl)N1CC.[Y]. The van der Waals surface area contributed by atoms with Gasteiger partial charge in [-0.2, -0.15) is 12.2 Å². The van der Waals surface area contributed by atoms with Crippen molar-refractivity contribution in [3.8, 4) is 0 Å². The van der Waals surface area contributed by atoms with Crippen LogP contribution in [0.4, 0.5) is 4.39 Å². The van der Waals surface area contributed by atoms with Crippen LogP contribution in [0.2, 0.25) is 5.02 Å². The normalized spacial score (nSPS) is 14.7. The molecule has 1 heterocycles. The maximum atomic E-state index is 13.1. The fourth-order valence-electron chi connectivity index (χ4n) is 1.81. The summed E-state index contributed by atoms with van der Waals surface area (Å²) in [5, 5.41) is 0.371. The third-order valence-corrected chi connectivity index (χ3v) is 3.71. The molecule has 97 valence electrons. The third kappa shape index (κ3) is 3.58. The van der Waals surface area contributed by atoms with Crippen molar-refractivity contribution >= 4 is 33.2 Å². The Morgan fingerprint density at radius 3 is 2.74 bits per heavy atom. The molecule has 1 radical (unpaired) electrons. The molecule has 1 nitrogen and oxygen atoms in total. The number of nitrogens with zero attached hydrogens (tertiary/aromatic N) is 1. The molecule has 19 heavy (non-hydrogen) atoms. The van der Waals surface area contributed by atoms with Crippen LogP contribution in [0.25, 0.3) is 5.70 Å². The Morgan fingerprint density at radius 2 is 2.16 bits per heavy atom. The van der Waals surface area contributed by atoms with Gasteiger partial charge in [0, 0.05) is 39.3 Å². The van der Waals surface area contributed by atoms with Crippen LogP contribution in [0.3, 0.4) is 0 Å². The zero-order valence-electron chi connectivity index (χ0n) is 10.4. The van der Waals surface area contributed by atoms with Crippen molar-refractivity contribution in [3.63, 3.8) is 0 Å². The van der Waals surface area contributed by atoms with Crippen molar-refractivity contribution in [2.75, 3.05) is 6.54 Å². The third-order valence-electron chi connectivity index (χ3n) is 2.71. The number of hydrogen-bond acceptors (Lipinski definition) is 1. The smallest absolute Gasteiger partial charge is 0.122 e. The van der Waals surface area contributed by atoms with E-state index in [0.717, 1.165) is 28.0 Å². The van der Waals surface area contributed by atoms with Gasteiger partial charge in [-0.25, -0.2) is 4.39 Å². The van der Waals surface area contributed by atoms with Gasteiger partial charge in [-0.3, -0.25) is 0 Å². The summed E-state index contributed by atoms with van der Waals surface area (Å²) in [6, 6.07) is 4.35. The Morgan fingerprint density at radius 1 is 1.47 bits per heavy atom. The number of halogens is 3. The molecule has 0 saturated carbocycles. The molecule has 1 aromatic carbocycles. The first-order valence-corrected chi connectivity index (χ1v) is 6.63. The first-order valence-electron chi connectivity index (χ1n) is 5.46. The molecule has 0 aromatic heterocycles. The summed E-state index contributed by atoms with van der Waals surface area (Å²) in [7, 11) is 0. The zero-order chi connectivity index (χ0) is 13.3. The van der Waals surface area contributed by atoms with E-state index >= 15 is 0 Å². The molecule has 0 bridgehead atoms. The first kappa shape index (κ1) is 17.1. The molecule has 0 amide bonds. The molecule has 5 heteroatoms. The predicted octanol–water partition coefficient (Wildman–Crippen LogP) is 4.75. The molecule has 0 N–H and O–H groups in total. The summed E-state index contributed by atoms with van der Waals surface area (Å²) in [4.78, 5) is 1.98. The van der Waals surface area contributed by atoms with Gasteiger partial charge >= 0.3 is 0 Å². The van der Waals surface area contributed by atoms with Crippen LogP contribution in [0, 0.1) is 11.9 Å². The van der Waals surface area contributed by atoms with Gasteiger partial charge in [-0.15, -0.1) is 22.0 Å². The minimum absolute atomic E-state index is 0. The Kier molecular flexibility index (Phi) is 6.45. The second-order valence-corrected chi connectivity index (χ2v) is 5.06. The molecule has 0 atom stereocenters. The van der Waals surface area contributed by atoms with Gasteiger partial charge in [0.15, 0.2) is 0 Å². The molecule has 1 aliphatic heterocycles. The van der Waals surface area contributed by atoms with Crippen molar-refractivity contribution in [1.29, 1.82) is 0 Å². The summed E-state index contributed by atoms with van der Waals surface area (Å²) in [5.41, 5.74) is 2.39. The van der Waals surface area contributed by atoms with Crippen molar-refractivity contribution < 1.29 is 37.1 Å². The summed E-state index contributed by atoms with van der Waals surface area (Å²) in [6.45, 7) is 6.75. The second-order valence-electron chi connectivity index (χ2n) is 3.80. The molecule has 0 saturated heterocycles. The fourth-order valence-corrected chi connectivity index (χ4v) is 2.40. The average molecular weight is 417 g/mol. The molecule has 2 rings (SSSR count). The minimum Gasteiger partial charge on any atom is -0.375 e. The van der Waals surface area contributed by atoms with Gasteiger partial charge in [0.25, 0.3) is 0 Å².